The lowest BCUT2D eigenvalue weighted by Gasteiger charge is -2.36. The number of amides is 2. The number of nitrogens with two attached hydrogens (primary N) is 1. The minimum absolute atomic E-state index is 0.256. The Labute approximate surface area is 66.9 Å². The number of piperazine rings is 1. The van der Waals surface area contributed by atoms with E-state index in [4.69, 9.17) is 5.73 Å². The minimum Gasteiger partial charge on any atom is -0.351 e. The van der Waals surface area contributed by atoms with Crippen LogP contribution in [0.25, 0.3) is 0 Å². The predicted molar refractivity (Wildman–Crippen MR) is 43.2 cm³/mol. The molecule has 11 heavy (non-hydrogen) atoms. The monoisotopic (exact) mass is 157 g/mol. The first-order valence-electron chi connectivity index (χ1n) is 3.86. The van der Waals surface area contributed by atoms with Crippen molar-refractivity contribution in [1.29, 1.82) is 0 Å². The zero-order valence-electron chi connectivity index (χ0n) is 7.08. The van der Waals surface area contributed by atoms with E-state index in [0.717, 1.165) is 19.6 Å². The van der Waals surface area contributed by atoms with Crippen LogP contribution in [0.1, 0.15) is 6.92 Å². The normalized spacial score (nSPS) is 27.1. The number of hydrogen-bond acceptors (Lipinski definition) is 2. The van der Waals surface area contributed by atoms with Crippen LogP contribution in [0.15, 0.2) is 0 Å². The molecule has 2 amide bonds. The van der Waals surface area contributed by atoms with Gasteiger partial charge < -0.3 is 15.5 Å². The molecule has 0 unspecified atom stereocenters. The van der Waals surface area contributed by atoms with E-state index >= 15 is 0 Å². The third kappa shape index (κ3) is 1.83. The van der Waals surface area contributed by atoms with Gasteiger partial charge in [-0.25, -0.2) is 4.79 Å². The zero-order chi connectivity index (χ0) is 8.43. The summed E-state index contributed by atoms with van der Waals surface area (Å²) in [4.78, 5) is 14.7. The molecule has 64 valence electrons. The number of carbonyl (C=O) groups is 1. The minimum atomic E-state index is -0.300. The summed E-state index contributed by atoms with van der Waals surface area (Å²) in [6.07, 6.45) is 0. The Morgan fingerprint density at radius 2 is 2.18 bits per heavy atom. The molecule has 1 atom stereocenters. The number of primary amides is 1. The molecule has 0 radical (unpaired) electrons. The summed E-state index contributed by atoms with van der Waals surface area (Å²) in [6.45, 7) is 4.61. The van der Waals surface area contributed by atoms with Gasteiger partial charge in [-0.1, -0.05) is 0 Å². The standard InChI is InChI=1S/C7H15N3O/c1-6-5-9(2)3-4-10(6)7(8)11/h6H,3-5H2,1-2H3,(H2,8,11)/t6-/m1/s1. The van der Waals surface area contributed by atoms with Crippen molar-refractivity contribution in [1.82, 2.24) is 9.80 Å². The maximum atomic E-state index is 10.8. The smallest absolute Gasteiger partial charge is 0.315 e. The van der Waals surface area contributed by atoms with Gasteiger partial charge in [0.15, 0.2) is 0 Å². The fourth-order valence-electron chi connectivity index (χ4n) is 1.47. The van der Waals surface area contributed by atoms with Crippen LogP contribution in [0.5, 0.6) is 0 Å². The molecule has 1 rings (SSSR count). The van der Waals surface area contributed by atoms with Crippen LogP contribution in [0.4, 0.5) is 4.79 Å². The molecule has 2 N–H and O–H groups in total. The molecule has 0 spiro atoms. The molecule has 1 saturated heterocycles. The summed E-state index contributed by atoms with van der Waals surface area (Å²) in [5, 5.41) is 0. The summed E-state index contributed by atoms with van der Waals surface area (Å²) in [7, 11) is 2.05. The largest absolute Gasteiger partial charge is 0.351 e. The van der Waals surface area contributed by atoms with Crippen molar-refractivity contribution in [3.8, 4) is 0 Å². The Hall–Kier alpha value is -0.770. The SMILES string of the molecule is C[C@@H]1CN(C)CCN1C(N)=O. The topological polar surface area (TPSA) is 49.6 Å². The van der Waals surface area contributed by atoms with Crippen LogP contribution >= 0.6 is 0 Å². The molecule has 1 fully saturated rings. The molecular formula is C7H15N3O. The van der Waals surface area contributed by atoms with E-state index in [1.165, 1.54) is 0 Å². The van der Waals surface area contributed by atoms with E-state index in [2.05, 4.69) is 11.9 Å². The van der Waals surface area contributed by atoms with Crippen molar-refractivity contribution in [2.24, 2.45) is 5.73 Å². The maximum absolute atomic E-state index is 10.8. The summed E-state index contributed by atoms with van der Waals surface area (Å²) >= 11 is 0. The molecule has 0 bridgehead atoms. The lowest BCUT2D eigenvalue weighted by Crippen LogP contribution is -2.54. The number of urea groups is 1. The average molecular weight is 157 g/mol. The van der Waals surface area contributed by atoms with Crippen LogP contribution in [-0.4, -0.2) is 48.6 Å². The molecule has 4 nitrogen and oxygen atoms in total. The summed E-state index contributed by atoms with van der Waals surface area (Å²) < 4.78 is 0. The Morgan fingerprint density at radius 1 is 1.55 bits per heavy atom. The van der Waals surface area contributed by atoms with Crippen molar-refractivity contribution in [2.45, 2.75) is 13.0 Å². The Bertz CT molecular complexity index is 160. The van der Waals surface area contributed by atoms with Gasteiger partial charge in [0, 0.05) is 25.7 Å². The van der Waals surface area contributed by atoms with Gasteiger partial charge in [0.05, 0.1) is 0 Å². The second-order valence-electron chi connectivity index (χ2n) is 3.14. The van der Waals surface area contributed by atoms with Crippen molar-refractivity contribution in [2.75, 3.05) is 26.7 Å². The molecule has 0 aromatic rings. The highest BCUT2D eigenvalue weighted by atomic mass is 16.2. The van der Waals surface area contributed by atoms with Gasteiger partial charge in [0.1, 0.15) is 0 Å². The third-order valence-electron chi connectivity index (χ3n) is 2.11. The first-order valence-corrected chi connectivity index (χ1v) is 3.86. The first-order chi connectivity index (χ1) is 5.11. The lowest BCUT2D eigenvalue weighted by atomic mass is 10.2. The molecule has 1 heterocycles. The molecule has 0 aliphatic carbocycles. The van der Waals surface area contributed by atoms with E-state index in [1.807, 2.05) is 6.92 Å². The number of rotatable bonds is 0. The van der Waals surface area contributed by atoms with Crippen LogP contribution in [0.3, 0.4) is 0 Å². The van der Waals surface area contributed by atoms with Gasteiger partial charge in [-0.2, -0.15) is 0 Å². The second kappa shape index (κ2) is 3.09. The molecule has 1 aliphatic heterocycles. The molecule has 1 aliphatic rings. The Balaban J connectivity index is 2.50. The van der Waals surface area contributed by atoms with Gasteiger partial charge in [-0.15, -0.1) is 0 Å². The van der Waals surface area contributed by atoms with Crippen LogP contribution in [0.2, 0.25) is 0 Å². The fourth-order valence-corrected chi connectivity index (χ4v) is 1.47. The van der Waals surface area contributed by atoms with Gasteiger partial charge in [0.25, 0.3) is 0 Å². The summed E-state index contributed by atoms with van der Waals surface area (Å²) in [5.41, 5.74) is 5.17. The van der Waals surface area contributed by atoms with Crippen LogP contribution < -0.4 is 5.73 Å². The average Bonchev–Trinajstić information content (AvgIpc) is 1.85. The van der Waals surface area contributed by atoms with E-state index in [0.29, 0.717) is 0 Å². The third-order valence-corrected chi connectivity index (χ3v) is 2.11. The quantitative estimate of drug-likeness (QED) is 0.525. The van der Waals surface area contributed by atoms with E-state index < -0.39 is 0 Å². The summed E-state index contributed by atoms with van der Waals surface area (Å²) in [6, 6.07) is -0.0446. The lowest BCUT2D eigenvalue weighted by molar-refractivity contribution is 0.122. The maximum Gasteiger partial charge on any atom is 0.315 e. The second-order valence-corrected chi connectivity index (χ2v) is 3.14. The fraction of sp³-hybridized carbons (Fsp3) is 0.857. The first kappa shape index (κ1) is 8.33. The van der Waals surface area contributed by atoms with E-state index in [-0.39, 0.29) is 12.1 Å². The number of carbonyl (C=O) groups excluding carboxylic acids is 1. The zero-order valence-corrected chi connectivity index (χ0v) is 7.08. The summed E-state index contributed by atoms with van der Waals surface area (Å²) in [5.74, 6) is 0. The molecule has 0 aromatic heterocycles. The van der Waals surface area contributed by atoms with Gasteiger partial charge in [0.2, 0.25) is 0 Å². The Kier molecular flexibility index (Phi) is 2.34. The highest BCUT2D eigenvalue weighted by Crippen LogP contribution is 2.06. The molecule has 0 aromatic carbocycles. The van der Waals surface area contributed by atoms with Gasteiger partial charge in [-0.05, 0) is 14.0 Å². The van der Waals surface area contributed by atoms with Gasteiger partial charge >= 0.3 is 6.03 Å². The number of likely N-dealkylation sites (N-methyl/N-ethyl adjacent to an activating group) is 1. The van der Waals surface area contributed by atoms with Crippen molar-refractivity contribution >= 4 is 6.03 Å². The van der Waals surface area contributed by atoms with E-state index in [1.54, 1.807) is 4.90 Å². The van der Waals surface area contributed by atoms with Crippen LogP contribution in [0, 0.1) is 0 Å². The highest BCUT2D eigenvalue weighted by Gasteiger charge is 2.23. The van der Waals surface area contributed by atoms with Gasteiger partial charge in [-0.3, -0.25) is 0 Å². The van der Waals surface area contributed by atoms with Crippen molar-refractivity contribution < 1.29 is 4.79 Å². The van der Waals surface area contributed by atoms with E-state index in [9.17, 15) is 4.79 Å². The highest BCUT2D eigenvalue weighted by molar-refractivity contribution is 5.72. The predicted octanol–water partition coefficient (Wildman–Crippen LogP) is -0.299. The molecule has 0 saturated carbocycles. The molecule has 4 heteroatoms. The van der Waals surface area contributed by atoms with Crippen LogP contribution in [-0.2, 0) is 0 Å². The number of hydrogen-bond donors (Lipinski definition) is 1. The molecular weight excluding hydrogens is 142 g/mol. The van der Waals surface area contributed by atoms with Crippen molar-refractivity contribution in [3.63, 3.8) is 0 Å². The number of nitrogens with zero attached hydrogens (tertiary/aromatic N) is 2. The Morgan fingerprint density at radius 3 is 2.64 bits per heavy atom. The van der Waals surface area contributed by atoms with Crippen molar-refractivity contribution in [3.05, 3.63) is 0 Å².